The summed E-state index contributed by atoms with van der Waals surface area (Å²) in [6, 6.07) is 8.39. The van der Waals surface area contributed by atoms with Crippen LogP contribution in [0.3, 0.4) is 0 Å². The molecule has 9 heteroatoms. The molecule has 0 atom stereocenters. The number of anilines is 3. The molecule has 2 aliphatic rings. The van der Waals surface area contributed by atoms with Crippen molar-refractivity contribution in [2.75, 3.05) is 50.5 Å². The van der Waals surface area contributed by atoms with E-state index in [0.717, 1.165) is 60.8 Å². The summed E-state index contributed by atoms with van der Waals surface area (Å²) in [6.45, 7) is 8.43. The van der Waals surface area contributed by atoms with E-state index in [2.05, 4.69) is 69.6 Å². The average Bonchev–Trinajstić information content (AvgIpc) is 3.18. The minimum absolute atomic E-state index is 0.179. The van der Waals surface area contributed by atoms with Gasteiger partial charge >= 0.3 is 0 Å². The van der Waals surface area contributed by atoms with E-state index >= 15 is 0 Å². The van der Waals surface area contributed by atoms with Crippen LogP contribution in [0.15, 0.2) is 30.5 Å². The number of nitrogens with zero attached hydrogens (tertiary/aromatic N) is 6. The lowest BCUT2D eigenvalue weighted by molar-refractivity contribution is 0.0955. The van der Waals surface area contributed by atoms with Crippen molar-refractivity contribution in [1.29, 1.82) is 0 Å². The van der Waals surface area contributed by atoms with Crippen molar-refractivity contribution in [2.24, 2.45) is 7.05 Å². The zero-order valence-corrected chi connectivity index (χ0v) is 20.5. The molecule has 1 saturated heterocycles. The summed E-state index contributed by atoms with van der Waals surface area (Å²) in [4.78, 5) is 26.8. The molecule has 1 aliphatic heterocycles. The molecular formula is C25H32N8O. The first kappa shape index (κ1) is 22.3. The summed E-state index contributed by atoms with van der Waals surface area (Å²) in [5, 5.41) is 10.7. The number of nitrogens with one attached hydrogen (secondary N) is 2. The Morgan fingerprint density at radius 2 is 1.88 bits per heavy atom. The van der Waals surface area contributed by atoms with Crippen molar-refractivity contribution < 1.29 is 4.79 Å². The van der Waals surface area contributed by atoms with E-state index in [1.165, 1.54) is 5.69 Å². The molecule has 178 valence electrons. The van der Waals surface area contributed by atoms with E-state index in [9.17, 15) is 4.79 Å². The number of likely N-dealkylation sites (N-methyl/N-ethyl adjacent to an activating group) is 1. The highest BCUT2D eigenvalue weighted by molar-refractivity contribution is 5.96. The van der Waals surface area contributed by atoms with Gasteiger partial charge in [-0.05, 0) is 42.6 Å². The first-order valence-electron chi connectivity index (χ1n) is 11.7. The Bertz CT molecular complexity index is 1240. The Kier molecular flexibility index (Phi) is 5.51. The fourth-order valence-electron chi connectivity index (χ4n) is 5.05. The number of aryl methyl sites for hydroxylation is 1. The molecule has 0 bridgehead atoms. The molecule has 1 fully saturated rings. The molecule has 9 nitrogen and oxygen atoms in total. The van der Waals surface area contributed by atoms with Crippen LogP contribution >= 0.6 is 0 Å². The number of carbonyl (C=O) groups is 1. The van der Waals surface area contributed by atoms with Gasteiger partial charge in [-0.3, -0.25) is 9.48 Å². The Morgan fingerprint density at radius 3 is 2.62 bits per heavy atom. The van der Waals surface area contributed by atoms with E-state index in [4.69, 9.17) is 4.98 Å². The van der Waals surface area contributed by atoms with Crippen LogP contribution in [0, 0.1) is 0 Å². The third kappa shape index (κ3) is 3.90. The van der Waals surface area contributed by atoms with Gasteiger partial charge in [0.05, 0.1) is 11.4 Å². The van der Waals surface area contributed by atoms with Crippen LogP contribution < -0.4 is 15.5 Å². The van der Waals surface area contributed by atoms with Gasteiger partial charge in [0.15, 0.2) is 5.69 Å². The van der Waals surface area contributed by atoms with Crippen molar-refractivity contribution in [3.63, 3.8) is 0 Å². The summed E-state index contributed by atoms with van der Waals surface area (Å²) in [5.41, 5.74) is 6.04. The van der Waals surface area contributed by atoms with Gasteiger partial charge in [-0.2, -0.15) is 5.10 Å². The number of carbonyl (C=O) groups excluding carboxylic acids is 1. The van der Waals surface area contributed by atoms with Crippen LogP contribution in [0.5, 0.6) is 0 Å². The van der Waals surface area contributed by atoms with Crippen molar-refractivity contribution in [2.45, 2.75) is 25.7 Å². The molecule has 1 aliphatic carbocycles. The van der Waals surface area contributed by atoms with Crippen LogP contribution in [0.4, 0.5) is 17.3 Å². The molecule has 0 spiro atoms. The number of hydrogen-bond acceptors (Lipinski definition) is 7. The zero-order chi connectivity index (χ0) is 24.0. The normalized spacial score (nSPS) is 17.1. The van der Waals surface area contributed by atoms with Gasteiger partial charge in [0.1, 0.15) is 0 Å². The topological polar surface area (TPSA) is 91.2 Å². The van der Waals surface area contributed by atoms with Gasteiger partial charge in [0.2, 0.25) is 5.95 Å². The van der Waals surface area contributed by atoms with Crippen molar-refractivity contribution in [3.8, 4) is 11.4 Å². The molecule has 3 aromatic rings. The lowest BCUT2D eigenvalue weighted by Crippen LogP contribution is -2.44. The van der Waals surface area contributed by atoms with E-state index in [0.29, 0.717) is 11.6 Å². The summed E-state index contributed by atoms with van der Waals surface area (Å²) in [7, 11) is 5.66. The molecule has 2 aromatic heterocycles. The van der Waals surface area contributed by atoms with Crippen molar-refractivity contribution in [1.82, 2.24) is 30.0 Å². The van der Waals surface area contributed by atoms with Crippen molar-refractivity contribution >= 4 is 23.2 Å². The smallest absolute Gasteiger partial charge is 0.271 e. The zero-order valence-electron chi connectivity index (χ0n) is 20.5. The van der Waals surface area contributed by atoms with E-state index in [-0.39, 0.29) is 11.3 Å². The van der Waals surface area contributed by atoms with Crippen LogP contribution in [0.25, 0.3) is 11.4 Å². The maximum Gasteiger partial charge on any atom is 0.271 e. The molecule has 3 heterocycles. The standard InChI is InChI=1S/C25H32N8O/c1-25(2)14-16-15-27-24(29-20(16)22-19(25)21(23(34)26-3)30-32(22)5)28-17-7-6-8-18(13-17)33-11-9-31(4)10-12-33/h6-8,13,15H,9-12,14H2,1-5H3,(H,26,34)(H,27,28,29). The molecule has 0 saturated carbocycles. The number of amides is 1. The molecule has 5 rings (SSSR count). The number of rotatable bonds is 4. The monoisotopic (exact) mass is 460 g/mol. The predicted octanol–water partition coefficient (Wildman–Crippen LogP) is 2.57. The third-order valence-corrected chi connectivity index (χ3v) is 6.86. The largest absolute Gasteiger partial charge is 0.369 e. The molecule has 1 amide bonds. The Labute approximate surface area is 200 Å². The van der Waals surface area contributed by atoms with Crippen LogP contribution in [-0.4, -0.2) is 70.8 Å². The number of piperazine rings is 1. The first-order valence-corrected chi connectivity index (χ1v) is 11.7. The van der Waals surface area contributed by atoms with E-state index in [1.54, 1.807) is 11.7 Å². The third-order valence-electron chi connectivity index (χ3n) is 6.86. The molecule has 0 unspecified atom stereocenters. The van der Waals surface area contributed by atoms with Gasteiger partial charge in [0.25, 0.3) is 5.91 Å². The second-order valence-electron chi connectivity index (χ2n) is 9.87. The van der Waals surface area contributed by atoms with Gasteiger partial charge in [-0.15, -0.1) is 0 Å². The molecule has 0 radical (unpaired) electrons. The minimum atomic E-state index is -0.256. The van der Waals surface area contributed by atoms with Crippen LogP contribution in [-0.2, 0) is 18.9 Å². The maximum absolute atomic E-state index is 12.5. The highest BCUT2D eigenvalue weighted by Gasteiger charge is 2.39. The predicted molar refractivity (Wildman–Crippen MR) is 134 cm³/mol. The second-order valence-corrected chi connectivity index (χ2v) is 9.87. The SMILES string of the molecule is CNC(=O)c1nn(C)c2c1C(C)(C)Cc1cnc(Nc3cccc(N4CCN(C)CC4)c3)nc1-2. The van der Waals surface area contributed by atoms with Crippen LogP contribution in [0.1, 0.15) is 35.5 Å². The minimum Gasteiger partial charge on any atom is -0.369 e. The number of benzene rings is 1. The summed E-state index contributed by atoms with van der Waals surface area (Å²) in [5.74, 6) is 0.351. The maximum atomic E-state index is 12.5. The summed E-state index contributed by atoms with van der Waals surface area (Å²) >= 11 is 0. The molecule has 2 N–H and O–H groups in total. The van der Waals surface area contributed by atoms with Gasteiger partial charge in [-0.25, -0.2) is 9.97 Å². The average molecular weight is 461 g/mol. The summed E-state index contributed by atoms with van der Waals surface area (Å²) < 4.78 is 1.77. The summed E-state index contributed by atoms with van der Waals surface area (Å²) in [6.07, 6.45) is 2.64. The molecule has 1 aromatic carbocycles. The fourth-order valence-corrected chi connectivity index (χ4v) is 5.05. The molecular weight excluding hydrogens is 428 g/mol. The highest BCUT2D eigenvalue weighted by atomic mass is 16.1. The first-order chi connectivity index (χ1) is 16.3. The highest BCUT2D eigenvalue weighted by Crippen LogP contribution is 2.43. The lowest BCUT2D eigenvalue weighted by Gasteiger charge is -2.34. The Hall–Kier alpha value is -3.46. The van der Waals surface area contributed by atoms with E-state index < -0.39 is 0 Å². The molecule has 34 heavy (non-hydrogen) atoms. The van der Waals surface area contributed by atoms with Gasteiger partial charge in [0, 0.05) is 63.4 Å². The number of aromatic nitrogens is 4. The van der Waals surface area contributed by atoms with Gasteiger partial charge in [-0.1, -0.05) is 19.9 Å². The second kappa shape index (κ2) is 8.39. The fraction of sp³-hybridized carbons (Fsp3) is 0.440. The Morgan fingerprint density at radius 1 is 1.12 bits per heavy atom. The van der Waals surface area contributed by atoms with Gasteiger partial charge < -0.3 is 20.4 Å². The van der Waals surface area contributed by atoms with E-state index in [1.807, 2.05) is 19.3 Å². The number of fused-ring (bicyclic) bond motifs is 3. The Balaban J connectivity index is 1.48. The van der Waals surface area contributed by atoms with Crippen LogP contribution in [0.2, 0.25) is 0 Å². The number of hydrogen-bond donors (Lipinski definition) is 2. The van der Waals surface area contributed by atoms with Crippen molar-refractivity contribution in [3.05, 3.63) is 47.3 Å². The lowest BCUT2D eigenvalue weighted by atomic mass is 9.73. The quantitative estimate of drug-likeness (QED) is 0.618.